The molecule has 6 heteroatoms. The van der Waals surface area contributed by atoms with Crippen molar-refractivity contribution in [3.63, 3.8) is 0 Å². The number of benzene rings is 1. The Morgan fingerprint density at radius 3 is 1.57 bits per heavy atom. The molecule has 0 saturated heterocycles. The van der Waals surface area contributed by atoms with E-state index >= 15 is 0 Å². The van der Waals surface area contributed by atoms with Crippen LogP contribution in [0.1, 0.15) is 0 Å². The van der Waals surface area contributed by atoms with Crippen LogP contribution in [0.5, 0.6) is 0 Å². The van der Waals surface area contributed by atoms with E-state index in [0.717, 1.165) is 12.1 Å². The van der Waals surface area contributed by atoms with Gasteiger partial charge in [0.2, 0.25) is 0 Å². The molecule has 0 bridgehead atoms. The molecular formula is C8H4F2N2O2. The summed E-state index contributed by atoms with van der Waals surface area (Å²) < 4.78 is 26.1. The molecule has 0 spiro atoms. The standard InChI is InChI=1S/C8H4F2N2O2/c9-3-1-2-4(10)6-5(3)7(13)11-12-8(6)14/h1-2H,(H,11,13)(H,12,14). The lowest BCUT2D eigenvalue weighted by Gasteiger charge is -1.97. The van der Waals surface area contributed by atoms with Gasteiger partial charge in [-0.25, -0.2) is 8.78 Å². The second-order valence-electron chi connectivity index (χ2n) is 2.69. The number of H-pyrrole nitrogens is 2. The van der Waals surface area contributed by atoms with E-state index < -0.39 is 33.5 Å². The molecule has 0 radical (unpaired) electrons. The van der Waals surface area contributed by atoms with Gasteiger partial charge in [-0.15, -0.1) is 0 Å². The maximum atomic E-state index is 13.1. The highest BCUT2D eigenvalue weighted by atomic mass is 19.1. The quantitative estimate of drug-likeness (QED) is 0.647. The van der Waals surface area contributed by atoms with Crippen LogP contribution in [-0.4, -0.2) is 10.2 Å². The highest BCUT2D eigenvalue weighted by Gasteiger charge is 2.12. The number of rotatable bonds is 0. The molecule has 0 saturated carbocycles. The zero-order chi connectivity index (χ0) is 10.3. The van der Waals surface area contributed by atoms with Crippen molar-refractivity contribution in [2.45, 2.75) is 0 Å². The normalized spacial score (nSPS) is 10.7. The van der Waals surface area contributed by atoms with Crippen molar-refractivity contribution in [2.24, 2.45) is 0 Å². The maximum Gasteiger partial charge on any atom is 0.273 e. The molecular weight excluding hydrogens is 194 g/mol. The first-order chi connectivity index (χ1) is 6.61. The molecule has 72 valence electrons. The molecule has 2 N–H and O–H groups in total. The number of hydrogen-bond acceptors (Lipinski definition) is 2. The number of aromatic nitrogens is 2. The number of nitrogens with one attached hydrogen (secondary N) is 2. The molecule has 0 amide bonds. The van der Waals surface area contributed by atoms with Crippen LogP contribution < -0.4 is 11.1 Å². The average Bonchev–Trinajstić information content (AvgIpc) is 2.16. The molecule has 1 aromatic heterocycles. The van der Waals surface area contributed by atoms with Gasteiger partial charge in [0.1, 0.15) is 11.6 Å². The van der Waals surface area contributed by atoms with E-state index in [2.05, 4.69) is 0 Å². The predicted octanol–water partition coefficient (Wildman–Crippen LogP) is 0.495. The van der Waals surface area contributed by atoms with Crippen LogP contribution in [0.15, 0.2) is 21.7 Å². The van der Waals surface area contributed by atoms with Gasteiger partial charge in [0.05, 0.1) is 10.8 Å². The SMILES string of the molecule is O=c1[nH][nH]c(=O)c2c(F)ccc(F)c12. The minimum Gasteiger partial charge on any atom is -0.267 e. The summed E-state index contributed by atoms with van der Waals surface area (Å²) in [6.45, 7) is 0. The Balaban J connectivity index is 3.22. The van der Waals surface area contributed by atoms with Crippen molar-refractivity contribution in [1.29, 1.82) is 0 Å². The summed E-state index contributed by atoms with van der Waals surface area (Å²) in [4.78, 5) is 22.1. The molecule has 1 heterocycles. The fourth-order valence-corrected chi connectivity index (χ4v) is 1.23. The Hall–Kier alpha value is -1.98. The van der Waals surface area contributed by atoms with Crippen molar-refractivity contribution in [1.82, 2.24) is 10.2 Å². The van der Waals surface area contributed by atoms with Gasteiger partial charge in [-0.3, -0.25) is 19.8 Å². The molecule has 14 heavy (non-hydrogen) atoms. The topological polar surface area (TPSA) is 65.7 Å². The molecule has 0 atom stereocenters. The first-order valence-electron chi connectivity index (χ1n) is 3.70. The van der Waals surface area contributed by atoms with Crippen molar-refractivity contribution in [3.8, 4) is 0 Å². The Labute approximate surface area is 75.2 Å². The lowest BCUT2D eigenvalue weighted by atomic mass is 10.2. The molecule has 0 aliphatic heterocycles. The third-order valence-corrected chi connectivity index (χ3v) is 1.85. The Bertz CT molecular complexity index is 560. The van der Waals surface area contributed by atoms with Crippen molar-refractivity contribution in [2.75, 3.05) is 0 Å². The zero-order valence-corrected chi connectivity index (χ0v) is 6.73. The van der Waals surface area contributed by atoms with Gasteiger partial charge in [-0.2, -0.15) is 0 Å². The summed E-state index contributed by atoms with van der Waals surface area (Å²) in [5, 5.41) is 2.70. The highest BCUT2D eigenvalue weighted by Crippen LogP contribution is 2.12. The first-order valence-corrected chi connectivity index (χ1v) is 3.70. The van der Waals surface area contributed by atoms with E-state index in [1.807, 2.05) is 10.2 Å². The molecule has 0 fully saturated rings. The zero-order valence-electron chi connectivity index (χ0n) is 6.73. The number of halogens is 2. The minimum absolute atomic E-state index is 0.561. The van der Waals surface area contributed by atoms with E-state index in [1.165, 1.54) is 0 Å². The van der Waals surface area contributed by atoms with Crippen LogP contribution >= 0.6 is 0 Å². The molecule has 0 aliphatic rings. The smallest absolute Gasteiger partial charge is 0.267 e. The van der Waals surface area contributed by atoms with E-state index in [0.29, 0.717) is 0 Å². The summed E-state index contributed by atoms with van der Waals surface area (Å²) in [6, 6.07) is 1.60. The second-order valence-corrected chi connectivity index (χ2v) is 2.69. The van der Waals surface area contributed by atoms with Crippen LogP contribution in [0, 0.1) is 11.6 Å². The third-order valence-electron chi connectivity index (χ3n) is 1.85. The van der Waals surface area contributed by atoms with Gasteiger partial charge in [0, 0.05) is 0 Å². The summed E-state index contributed by atoms with van der Waals surface area (Å²) >= 11 is 0. The van der Waals surface area contributed by atoms with Gasteiger partial charge >= 0.3 is 0 Å². The largest absolute Gasteiger partial charge is 0.273 e. The summed E-state index contributed by atoms with van der Waals surface area (Å²) in [5.41, 5.74) is -1.73. The van der Waals surface area contributed by atoms with E-state index in [4.69, 9.17) is 0 Å². The van der Waals surface area contributed by atoms with Crippen LogP contribution in [0.2, 0.25) is 0 Å². The fourth-order valence-electron chi connectivity index (χ4n) is 1.23. The minimum atomic E-state index is -0.922. The monoisotopic (exact) mass is 198 g/mol. The van der Waals surface area contributed by atoms with Crippen LogP contribution in [0.25, 0.3) is 10.8 Å². The summed E-state index contributed by atoms with van der Waals surface area (Å²) in [5.74, 6) is -1.84. The fraction of sp³-hybridized carbons (Fsp3) is 0. The summed E-state index contributed by atoms with van der Waals surface area (Å²) in [6.07, 6.45) is 0. The summed E-state index contributed by atoms with van der Waals surface area (Å²) in [7, 11) is 0. The molecule has 2 rings (SSSR count). The molecule has 4 nitrogen and oxygen atoms in total. The lowest BCUT2D eigenvalue weighted by Crippen LogP contribution is -2.20. The van der Waals surface area contributed by atoms with Crippen LogP contribution in [-0.2, 0) is 0 Å². The number of aromatic amines is 2. The average molecular weight is 198 g/mol. The van der Waals surface area contributed by atoms with Gasteiger partial charge in [0.15, 0.2) is 0 Å². The van der Waals surface area contributed by atoms with E-state index in [1.54, 1.807) is 0 Å². The van der Waals surface area contributed by atoms with Gasteiger partial charge in [0.25, 0.3) is 11.1 Å². The van der Waals surface area contributed by atoms with Crippen molar-refractivity contribution < 1.29 is 8.78 Å². The van der Waals surface area contributed by atoms with E-state index in [-0.39, 0.29) is 0 Å². The third kappa shape index (κ3) is 1.04. The lowest BCUT2D eigenvalue weighted by molar-refractivity contribution is 0.614. The van der Waals surface area contributed by atoms with E-state index in [9.17, 15) is 18.4 Å². The van der Waals surface area contributed by atoms with Gasteiger partial charge in [-0.1, -0.05) is 0 Å². The molecule has 0 unspecified atom stereocenters. The van der Waals surface area contributed by atoms with Crippen LogP contribution in [0.4, 0.5) is 8.78 Å². The first kappa shape index (κ1) is 8.61. The van der Waals surface area contributed by atoms with Gasteiger partial charge < -0.3 is 0 Å². The molecule has 0 aliphatic carbocycles. The predicted molar refractivity (Wildman–Crippen MR) is 45.1 cm³/mol. The highest BCUT2D eigenvalue weighted by molar-refractivity contribution is 5.81. The Morgan fingerprint density at radius 1 is 0.857 bits per heavy atom. The Morgan fingerprint density at radius 2 is 1.21 bits per heavy atom. The van der Waals surface area contributed by atoms with Gasteiger partial charge in [-0.05, 0) is 12.1 Å². The maximum absolute atomic E-state index is 13.1. The van der Waals surface area contributed by atoms with Crippen LogP contribution in [0.3, 0.4) is 0 Å². The second kappa shape index (κ2) is 2.76. The number of hydrogen-bond donors (Lipinski definition) is 2. The Kier molecular flexibility index (Phi) is 1.70. The van der Waals surface area contributed by atoms with Crippen molar-refractivity contribution >= 4 is 10.8 Å². The molecule has 1 aromatic carbocycles. The van der Waals surface area contributed by atoms with Crippen molar-refractivity contribution in [3.05, 3.63) is 44.5 Å². The molecule has 2 aromatic rings. The number of fused-ring (bicyclic) bond motifs is 1.